The van der Waals surface area contributed by atoms with Crippen LogP contribution in [0.1, 0.15) is 20.8 Å². The molecule has 2 aromatic rings. The predicted octanol–water partition coefficient (Wildman–Crippen LogP) is 1.78. The van der Waals surface area contributed by atoms with Gasteiger partial charge in [-0.1, -0.05) is 23.4 Å². The summed E-state index contributed by atoms with van der Waals surface area (Å²) in [5.41, 5.74) is 6.98. The number of nitrogens with zero attached hydrogens (tertiary/aromatic N) is 1. The molecule has 0 fully saturated rings. The molecule has 6 nitrogen and oxygen atoms in total. The Balaban J connectivity index is 2.05. The molecule has 1 amide bonds. The van der Waals surface area contributed by atoms with Crippen LogP contribution in [0.25, 0.3) is 0 Å². The first-order valence-electron chi connectivity index (χ1n) is 6.12. The minimum Gasteiger partial charge on any atom is -0.495 e. The van der Waals surface area contributed by atoms with Crippen molar-refractivity contribution >= 4 is 23.1 Å². The smallest absolute Gasteiger partial charge is 0.265 e. The Bertz CT molecular complexity index is 667. The van der Waals surface area contributed by atoms with E-state index in [4.69, 9.17) is 15.7 Å². The highest BCUT2D eigenvalue weighted by Gasteiger charge is 2.13. The molecule has 7 heteroatoms. The lowest BCUT2D eigenvalue weighted by Gasteiger charge is -2.07. The number of hydrogen-bond acceptors (Lipinski definition) is 5. The Morgan fingerprint density at radius 1 is 1.48 bits per heavy atom. The maximum Gasteiger partial charge on any atom is 0.265 e. The number of nitrogens with two attached hydrogens (primary N) is 1. The molecule has 0 spiro atoms. The van der Waals surface area contributed by atoms with E-state index < -0.39 is 0 Å². The molecule has 0 unspecified atom stereocenters. The lowest BCUT2D eigenvalue weighted by molar-refractivity contribution is 0.0952. The summed E-state index contributed by atoms with van der Waals surface area (Å²) in [5, 5.41) is 16.2. The van der Waals surface area contributed by atoms with Crippen molar-refractivity contribution in [2.75, 3.05) is 7.11 Å². The number of oxime groups is 1. The number of ether oxygens (including phenoxy) is 1. The first kappa shape index (κ1) is 14.9. The van der Waals surface area contributed by atoms with Crippen molar-refractivity contribution in [2.24, 2.45) is 10.9 Å². The number of nitrogens with one attached hydrogen (secondary N) is 1. The van der Waals surface area contributed by atoms with Gasteiger partial charge in [-0.25, -0.2) is 0 Å². The zero-order valence-corrected chi connectivity index (χ0v) is 12.2. The van der Waals surface area contributed by atoms with Crippen LogP contribution >= 0.6 is 11.3 Å². The monoisotopic (exact) mass is 305 g/mol. The topological polar surface area (TPSA) is 96.9 Å². The van der Waals surface area contributed by atoms with Crippen LogP contribution in [0.4, 0.5) is 0 Å². The molecule has 0 aliphatic carbocycles. The van der Waals surface area contributed by atoms with Crippen LogP contribution in [0.15, 0.2) is 40.9 Å². The molecule has 0 aliphatic heterocycles. The van der Waals surface area contributed by atoms with Crippen LogP contribution in [0, 0.1) is 0 Å². The highest BCUT2D eigenvalue weighted by Crippen LogP contribution is 2.24. The van der Waals surface area contributed by atoms with Gasteiger partial charge in [0.25, 0.3) is 5.91 Å². The van der Waals surface area contributed by atoms with Crippen molar-refractivity contribution in [3.63, 3.8) is 0 Å². The molecule has 0 bridgehead atoms. The molecule has 1 heterocycles. The minimum atomic E-state index is -0.198. The molecule has 110 valence electrons. The van der Waals surface area contributed by atoms with Crippen molar-refractivity contribution in [3.05, 3.63) is 51.7 Å². The van der Waals surface area contributed by atoms with E-state index in [0.29, 0.717) is 22.7 Å². The van der Waals surface area contributed by atoms with E-state index >= 15 is 0 Å². The summed E-state index contributed by atoms with van der Waals surface area (Å²) < 4.78 is 5.11. The van der Waals surface area contributed by atoms with Gasteiger partial charge in [-0.15, -0.1) is 11.3 Å². The van der Waals surface area contributed by atoms with Gasteiger partial charge >= 0.3 is 0 Å². The summed E-state index contributed by atoms with van der Waals surface area (Å²) in [6.07, 6.45) is 0. The quantitative estimate of drug-likeness (QED) is 0.339. The zero-order valence-electron chi connectivity index (χ0n) is 11.4. The van der Waals surface area contributed by atoms with E-state index in [1.165, 1.54) is 18.4 Å². The maximum absolute atomic E-state index is 12.1. The van der Waals surface area contributed by atoms with Crippen LogP contribution in [0.3, 0.4) is 0 Å². The fourth-order valence-corrected chi connectivity index (χ4v) is 2.56. The number of amides is 1. The average molecular weight is 305 g/mol. The van der Waals surface area contributed by atoms with Crippen LogP contribution < -0.4 is 15.8 Å². The summed E-state index contributed by atoms with van der Waals surface area (Å²) in [6.45, 7) is 0.340. The molecule has 0 radical (unpaired) electrons. The van der Waals surface area contributed by atoms with Crippen molar-refractivity contribution in [1.29, 1.82) is 0 Å². The lowest BCUT2D eigenvalue weighted by atomic mass is 10.1. The van der Waals surface area contributed by atoms with Gasteiger partial charge in [-0.05, 0) is 23.1 Å². The lowest BCUT2D eigenvalue weighted by Crippen LogP contribution is -2.22. The maximum atomic E-state index is 12.1. The molecule has 0 saturated heterocycles. The fraction of sp³-hybridized carbons (Fsp3) is 0.143. The van der Waals surface area contributed by atoms with Gasteiger partial charge in [0, 0.05) is 12.1 Å². The first-order chi connectivity index (χ1) is 10.2. The second-order valence-corrected chi connectivity index (χ2v) is 5.10. The van der Waals surface area contributed by atoms with Crippen LogP contribution in [-0.2, 0) is 6.54 Å². The summed E-state index contributed by atoms with van der Waals surface area (Å²) in [7, 11) is 1.53. The van der Waals surface area contributed by atoms with Gasteiger partial charge in [-0.3, -0.25) is 4.79 Å². The summed E-state index contributed by atoms with van der Waals surface area (Å²) in [5.74, 6) is 0.391. The number of thiophene rings is 1. The second kappa shape index (κ2) is 6.76. The van der Waals surface area contributed by atoms with Crippen LogP contribution in [0.2, 0.25) is 0 Å². The van der Waals surface area contributed by atoms with E-state index in [1.807, 2.05) is 6.07 Å². The molecule has 21 heavy (non-hydrogen) atoms. The third kappa shape index (κ3) is 3.51. The normalized spacial score (nSPS) is 11.2. The second-order valence-electron chi connectivity index (χ2n) is 4.19. The van der Waals surface area contributed by atoms with Crippen molar-refractivity contribution < 1.29 is 14.7 Å². The number of carbonyl (C=O) groups excluding carboxylic acids is 1. The summed E-state index contributed by atoms with van der Waals surface area (Å²) >= 11 is 1.32. The summed E-state index contributed by atoms with van der Waals surface area (Å²) in [6, 6.07) is 8.85. The number of benzene rings is 1. The van der Waals surface area contributed by atoms with Gasteiger partial charge in [0.15, 0.2) is 5.84 Å². The van der Waals surface area contributed by atoms with Crippen molar-refractivity contribution in [2.45, 2.75) is 6.54 Å². The van der Waals surface area contributed by atoms with Crippen molar-refractivity contribution in [3.8, 4) is 5.75 Å². The molecule has 0 atom stereocenters. The Morgan fingerprint density at radius 3 is 3.00 bits per heavy atom. The summed E-state index contributed by atoms with van der Waals surface area (Å²) in [4.78, 5) is 12.6. The Labute approximate surface area is 125 Å². The number of amidine groups is 1. The van der Waals surface area contributed by atoms with Gasteiger partial charge < -0.3 is 21.0 Å². The van der Waals surface area contributed by atoms with Gasteiger partial charge in [0.1, 0.15) is 10.6 Å². The van der Waals surface area contributed by atoms with Crippen molar-refractivity contribution in [1.82, 2.24) is 5.32 Å². The van der Waals surface area contributed by atoms with Gasteiger partial charge in [0.2, 0.25) is 0 Å². The highest BCUT2D eigenvalue weighted by molar-refractivity contribution is 7.12. The van der Waals surface area contributed by atoms with E-state index in [2.05, 4.69) is 10.5 Å². The minimum absolute atomic E-state index is 0.0307. The molecular weight excluding hydrogens is 290 g/mol. The van der Waals surface area contributed by atoms with E-state index in [0.717, 1.165) is 5.56 Å². The largest absolute Gasteiger partial charge is 0.495 e. The molecule has 1 aromatic heterocycles. The first-order valence-corrected chi connectivity index (χ1v) is 7.00. The van der Waals surface area contributed by atoms with Crippen LogP contribution in [-0.4, -0.2) is 24.1 Å². The molecule has 4 N–H and O–H groups in total. The molecule has 1 aromatic carbocycles. The molecule has 2 rings (SSSR count). The number of methoxy groups -OCH3 is 1. The Kier molecular flexibility index (Phi) is 4.78. The fourth-order valence-electron chi connectivity index (χ4n) is 1.78. The average Bonchev–Trinajstić information content (AvgIpc) is 3.00. The third-order valence-corrected chi connectivity index (χ3v) is 3.73. The van der Waals surface area contributed by atoms with E-state index in [-0.39, 0.29) is 11.7 Å². The number of hydrogen-bond donors (Lipinski definition) is 3. The molecule has 0 saturated carbocycles. The SMILES string of the molecule is COc1ccsc1C(=O)NCc1cccc(/C(N)=N/O)c1. The predicted molar refractivity (Wildman–Crippen MR) is 81.0 cm³/mol. The highest BCUT2D eigenvalue weighted by atomic mass is 32.1. The third-order valence-electron chi connectivity index (χ3n) is 2.84. The number of carbonyl (C=O) groups is 1. The Hall–Kier alpha value is -2.54. The van der Waals surface area contributed by atoms with E-state index in [1.54, 1.807) is 29.6 Å². The van der Waals surface area contributed by atoms with Gasteiger partial charge in [-0.2, -0.15) is 0 Å². The molecule has 0 aliphatic rings. The van der Waals surface area contributed by atoms with E-state index in [9.17, 15) is 4.79 Å². The van der Waals surface area contributed by atoms with Crippen LogP contribution in [0.5, 0.6) is 5.75 Å². The van der Waals surface area contributed by atoms with Gasteiger partial charge in [0.05, 0.1) is 7.11 Å². The number of rotatable bonds is 5. The molecular formula is C14H15N3O3S. The zero-order chi connectivity index (χ0) is 15.2. The standard InChI is InChI=1S/C14H15N3O3S/c1-20-11-5-6-21-12(11)14(18)16-8-9-3-2-4-10(7-9)13(15)17-19/h2-7,19H,8H2,1H3,(H2,15,17)(H,16,18). The Morgan fingerprint density at radius 2 is 2.29 bits per heavy atom.